The zero-order valence-electron chi connectivity index (χ0n) is 16.6. The third kappa shape index (κ3) is 3.79. The van der Waals surface area contributed by atoms with E-state index in [1.807, 2.05) is 29.2 Å². The topological polar surface area (TPSA) is 38.1 Å². The van der Waals surface area contributed by atoms with E-state index >= 15 is 0 Å². The SMILES string of the molecule is CCCCCn1c(C2CC(=O)N(c3ccccc3C)C2)nc2ccccc21.Cl. The van der Waals surface area contributed by atoms with Gasteiger partial charge in [0.2, 0.25) is 5.91 Å². The van der Waals surface area contributed by atoms with Crippen LogP contribution in [0.4, 0.5) is 5.69 Å². The summed E-state index contributed by atoms with van der Waals surface area (Å²) in [5.41, 5.74) is 4.39. The molecule has 0 spiro atoms. The van der Waals surface area contributed by atoms with Crippen molar-refractivity contribution in [1.82, 2.24) is 9.55 Å². The third-order valence-corrected chi connectivity index (χ3v) is 5.57. The molecule has 1 atom stereocenters. The molecule has 5 heteroatoms. The van der Waals surface area contributed by atoms with Crippen molar-refractivity contribution in [2.24, 2.45) is 0 Å². The predicted molar refractivity (Wildman–Crippen MR) is 117 cm³/mol. The largest absolute Gasteiger partial charge is 0.328 e. The smallest absolute Gasteiger partial charge is 0.227 e. The minimum atomic E-state index is 0. The van der Waals surface area contributed by atoms with Crippen molar-refractivity contribution in [1.29, 1.82) is 0 Å². The second-order valence-electron chi connectivity index (χ2n) is 7.51. The number of nitrogens with zero attached hydrogens (tertiary/aromatic N) is 3. The molecule has 1 amide bonds. The number of unbranched alkanes of at least 4 members (excludes halogenated alkanes) is 2. The molecule has 148 valence electrons. The normalized spacial score (nSPS) is 16.6. The predicted octanol–water partition coefficient (Wildman–Crippen LogP) is 5.48. The molecular weight excluding hydrogens is 370 g/mol. The lowest BCUT2D eigenvalue weighted by molar-refractivity contribution is -0.117. The molecule has 1 fully saturated rings. The van der Waals surface area contributed by atoms with Gasteiger partial charge in [0, 0.05) is 31.1 Å². The van der Waals surface area contributed by atoms with Crippen molar-refractivity contribution < 1.29 is 4.79 Å². The van der Waals surface area contributed by atoms with Crippen LogP contribution in [-0.2, 0) is 11.3 Å². The molecule has 3 aromatic rings. The first-order chi connectivity index (χ1) is 13.2. The van der Waals surface area contributed by atoms with E-state index in [1.54, 1.807) is 0 Å². The quantitative estimate of drug-likeness (QED) is 0.516. The second kappa shape index (κ2) is 8.78. The standard InChI is InChI=1S/C23H27N3O.ClH/c1-3-4-9-14-25-21-13-8-6-11-19(21)24-23(25)18-15-22(27)26(16-18)20-12-7-5-10-17(20)2;/h5-8,10-13,18H,3-4,9,14-16H2,1-2H3;1H. The molecule has 0 bridgehead atoms. The Labute approximate surface area is 173 Å². The van der Waals surface area contributed by atoms with Crippen LogP contribution in [0.3, 0.4) is 0 Å². The minimum Gasteiger partial charge on any atom is -0.328 e. The average Bonchev–Trinajstić information content (AvgIpc) is 3.23. The number of halogens is 1. The van der Waals surface area contributed by atoms with Gasteiger partial charge in [0.05, 0.1) is 11.0 Å². The molecule has 0 saturated carbocycles. The first-order valence-electron chi connectivity index (χ1n) is 10.00. The molecule has 2 heterocycles. The van der Waals surface area contributed by atoms with Gasteiger partial charge in [-0.2, -0.15) is 0 Å². The molecule has 4 rings (SSSR count). The van der Waals surface area contributed by atoms with Crippen molar-refractivity contribution in [2.45, 2.75) is 52.0 Å². The number of carbonyl (C=O) groups is 1. The lowest BCUT2D eigenvalue weighted by Gasteiger charge is -2.19. The summed E-state index contributed by atoms with van der Waals surface area (Å²) >= 11 is 0. The van der Waals surface area contributed by atoms with E-state index in [9.17, 15) is 4.79 Å². The Hall–Kier alpha value is -2.33. The third-order valence-electron chi connectivity index (χ3n) is 5.57. The Morgan fingerprint density at radius 3 is 2.61 bits per heavy atom. The number of amides is 1. The van der Waals surface area contributed by atoms with E-state index in [0.29, 0.717) is 13.0 Å². The number of para-hydroxylation sites is 3. The van der Waals surface area contributed by atoms with Gasteiger partial charge in [-0.3, -0.25) is 4.79 Å². The number of aromatic nitrogens is 2. The molecule has 1 unspecified atom stereocenters. The Bertz CT molecular complexity index is 965. The number of fused-ring (bicyclic) bond motifs is 1. The molecule has 1 saturated heterocycles. The fourth-order valence-electron chi connectivity index (χ4n) is 4.14. The van der Waals surface area contributed by atoms with Crippen LogP contribution in [0, 0.1) is 6.92 Å². The van der Waals surface area contributed by atoms with Gasteiger partial charge in [-0.1, -0.05) is 50.1 Å². The molecule has 0 radical (unpaired) electrons. The van der Waals surface area contributed by atoms with Crippen LogP contribution in [0.5, 0.6) is 0 Å². The highest BCUT2D eigenvalue weighted by atomic mass is 35.5. The fraction of sp³-hybridized carbons (Fsp3) is 0.391. The summed E-state index contributed by atoms with van der Waals surface area (Å²) in [6, 6.07) is 16.5. The summed E-state index contributed by atoms with van der Waals surface area (Å²) in [6.45, 7) is 5.97. The number of imidazole rings is 1. The summed E-state index contributed by atoms with van der Waals surface area (Å²) in [7, 11) is 0. The van der Waals surface area contributed by atoms with Crippen molar-refractivity contribution in [3.63, 3.8) is 0 Å². The number of hydrogen-bond donors (Lipinski definition) is 0. The number of rotatable bonds is 6. The highest BCUT2D eigenvalue weighted by molar-refractivity contribution is 5.97. The molecule has 1 aliphatic heterocycles. The zero-order valence-corrected chi connectivity index (χ0v) is 17.4. The van der Waals surface area contributed by atoms with E-state index in [-0.39, 0.29) is 24.2 Å². The van der Waals surface area contributed by atoms with Crippen LogP contribution in [0.1, 0.15) is 49.9 Å². The minimum absolute atomic E-state index is 0. The van der Waals surface area contributed by atoms with Gasteiger partial charge in [-0.25, -0.2) is 4.98 Å². The summed E-state index contributed by atoms with van der Waals surface area (Å²) in [5.74, 6) is 1.41. The number of carbonyl (C=O) groups excluding carboxylic acids is 1. The van der Waals surface area contributed by atoms with Crippen LogP contribution in [0.2, 0.25) is 0 Å². The maximum absolute atomic E-state index is 12.8. The van der Waals surface area contributed by atoms with Gasteiger partial charge in [-0.05, 0) is 37.1 Å². The summed E-state index contributed by atoms with van der Waals surface area (Å²) in [6.07, 6.45) is 4.09. The van der Waals surface area contributed by atoms with E-state index in [4.69, 9.17) is 4.98 Å². The Morgan fingerprint density at radius 2 is 1.82 bits per heavy atom. The maximum atomic E-state index is 12.8. The van der Waals surface area contributed by atoms with Crippen LogP contribution in [-0.4, -0.2) is 22.0 Å². The summed E-state index contributed by atoms with van der Waals surface area (Å²) in [4.78, 5) is 19.7. The molecule has 2 aromatic carbocycles. The van der Waals surface area contributed by atoms with Gasteiger partial charge in [-0.15, -0.1) is 12.4 Å². The zero-order chi connectivity index (χ0) is 18.8. The fourth-order valence-corrected chi connectivity index (χ4v) is 4.14. The lowest BCUT2D eigenvalue weighted by Crippen LogP contribution is -2.25. The number of hydrogen-bond acceptors (Lipinski definition) is 2. The Balaban J connectivity index is 0.00000225. The van der Waals surface area contributed by atoms with E-state index in [2.05, 4.69) is 42.7 Å². The van der Waals surface area contributed by atoms with Gasteiger partial charge < -0.3 is 9.47 Å². The Kier molecular flexibility index (Phi) is 6.40. The van der Waals surface area contributed by atoms with Gasteiger partial charge in [0.15, 0.2) is 0 Å². The van der Waals surface area contributed by atoms with E-state index in [1.165, 1.54) is 18.4 Å². The summed E-state index contributed by atoms with van der Waals surface area (Å²) in [5, 5.41) is 0. The summed E-state index contributed by atoms with van der Waals surface area (Å²) < 4.78 is 2.35. The van der Waals surface area contributed by atoms with Crippen LogP contribution >= 0.6 is 12.4 Å². The van der Waals surface area contributed by atoms with Gasteiger partial charge in [0.1, 0.15) is 5.82 Å². The molecule has 28 heavy (non-hydrogen) atoms. The van der Waals surface area contributed by atoms with Crippen LogP contribution in [0.15, 0.2) is 48.5 Å². The van der Waals surface area contributed by atoms with Crippen molar-refractivity contribution >= 4 is 35.0 Å². The van der Waals surface area contributed by atoms with Crippen LogP contribution < -0.4 is 4.90 Å². The lowest BCUT2D eigenvalue weighted by atomic mass is 10.1. The first kappa shape index (κ1) is 20.4. The van der Waals surface area contributed by atoms with Crippen molar-refractivity contribution in [3.05, 3.63) is 59.9 Å². The van der Waals surface area contributed by atoms with E-state index in [0.717, 1.165) is 35.6 Å². The molecular formula is C23H28ClN3O. The monoisotopic (exact) mass is 397 g/mol. The second-order valence-corrected chi connectivity index (χ2v) is 7.51. The molecule has 1 aliphatic rings. The van der Waals surface area contributed by atoms with Gasteiger partial charge >= 0.3 is 0 Å². The van der Waals surface area contributed by atoms with Crippen molar-refractivity contribution in [3.8, 4) is 0 Å². The number of aryl methyl sites for hydroxylation is 2. The van der Waals surface area contributed by atoms with Crippen molar-refractivity contribution in [2.75, 3.05) is 11.4 Å². The molecule has 4 nitrogen and oxygen atoms in total. The van der Waals surface area contributed by atoms with Gasteiger partial charge in [0.25, 0.3) is 0 Å². The Morgan fingerprint density at radius 1 is 1.07 bits per heavy atom. The molecule has 1 aromatic heterocycles. The highest BCUT2D eigenvalue weighted by Gasteiger charge is 2.35. The molecule has 0 aliphatic carbocycles. The van der Waals surface area contributed by atoms with E-state index < -0.39 is 0 Å². The van der Waals surface area contributed by atoms with Crippen LogP contribution in [0.25, 0.3) is 11.0 Å². The maximum Gasteiger partial charge on any atom is 0.227 e. The number of anilines is 1. The highest BCUT2D eigenvalue weighted by Crippen LogP contribution is 2.34. The average molecular weight is 398 g/mol. The molecule has 0 N–H and O–H groups in total. The number of benzene rings is 2. The first-order valence-corrected chi connectivity index (χ1v) is 10.00.